The van der Waals surface area contributed by atoms with E-state index in [1.165, 1.54) is 12.1 Å². The molecule has 7 heteroatoms. The molecule has 0 aliphatic heterocycles. The Bertz CT molecular complexity index is 1240. The smallest absolute Gasteiger partial charge is 0.268 e. The monoisotopic (exact) mass is 448 g/mol. The zero-order valence-corrected chi connectivity index (χ0v) is 18.7. The molecule has 0 unspecified atom stereocenters. The van der Waals surface area contributed by atoms with E-state index in [2.05, 4.69) is 5.32 Å². The lowest BCUT2D eigenvalue weighted by atomic mass is 10.1. The number of methoxy groups -OCH3 is 2. The summed E-state index contributed by atoms with van der Waals surface area (Å²) < 4.78 is 31.5. The van der Waals surface area contributed by atoms with E-state index in [-0.39, 0.29) is 18.3 Å². The lowest BCUT2D eigenvalue weighted by Gasteiger charge is -2.14. The Kier molecular flexibility index (Phi) is 6.49. The Labute approximate surface area is 191 Å². The number of nitrogens with zero attached hydrogens (tertiary/aromatic N) is 1. The number of nitrogens with one attached hydrogen (secondary N) is 1. The molecule has 6 nitrogen and oxygen atoms in total. The first-order chi connectivity index (χ1) is 16.0. The molecular weight excluding hydrogens is 423 g/mol. The third-order valence-corrected chi connectivity index (χ3v) is 5.45. The van der Waals surface area contributed by atoms with Crippen molar-refractivity contribution in [3.63, 3.8) is 0 Å². The van der Waals surface area contributed by atoms with Gasteiger partial charge in [0, 0.05) is 30.9 Å². The topological polar surface area (TPSA) is 65.6 Å². The van der Waals surface area contributed by atoms with Crippen molar-refractivity contribution in [2.75, 3.05) is 14.2 Å². The van der Waals surface area contributed by atoms with Crippen LogP contribution in [0.3, 0.4) is 0 Å². The third kappa shape index (κ3) is 4.77. The number of halogens is 1. The molecule has 4 rings (SSSR count). The van der Waals surface area contributed by atoms with Crippen LogP contribution in [0.15, 0.2) is 71.5 Å². The number of amides is 1. The van der Waals surface area contributed by atoms with Crippen LogP contribution in [-0.2, 0) is 13.1 Å². The number of rotatable bonds is 8. The fourth-order valence-electron chi connectivity index (χ4n) is 3.84. The van der Waals surface area contributed by atoms with E-state index in [0.717, 1.165) is 22.3 Å². The van der Waals surface area contributed by atoms with E-state index >= 15 is 0 Å². The Hall–Kier alpha value is -4.00. The number of carbonyl (C=O) groups is 1. The number of carbonyl (C=O) groups excluding carboxylic acids is 1. The van der Waals surface area contributed by atoms with Crippen molar-refractivity contribution >= 4 is 5.91 Å². The summed E-state index contributed by atoms with van der Waals surface area (Å²) in [5.41, 5.74) is 3.79. The highest BCUT2D eigenvalue weighted by Gasteiger charge is 2.23. The largest absolute Gasteiger partial charge is 0.497 e. The second kappa shape index (κ2) is 9.65. The second-order valence-electron chi connectivity index (χ2n) is 7.63. The summed E-state index contributed by atoms with van der Waals surface area (Å²) in [6, 6.07) is 15.3. The number of ether oxygens (including phenoxy) is 2. The van der Waals surface area contributed by atoms with E-state index in [9.17, 15) is 9.18 Å². The van der Waals surface area contributed by atoms with Crippen molar-refractivity contribution in [2.24, 2.45) is 0 Å². The van der Waals surface area contributed by atoms with Gasteiger partial charge in [0.25, 0.3) is 5.91 Å². The Morgan fingerprint density at radius 2 is 1.88 bits per heavy atom. The molecule has 0 spiro atoms. The molecule has 170 valence electrons. The van der Waals surface area contributed by atoms with Crippen LogP contribution in [0, 0.1) is 12.7 Å². The van der Waals surface area contributed by atoms with Gasteiger partial charge in [0.05, 0.1) is 26.0 Å². The van der Waals surface area contributed by atoms with Crippen molar-refractivity contribution in [3.05, 3.63) is 95.3 Å². The molecule has 0 atom stereocenters. The molecule has 0 fully saturated rings. The van der Waals surface area contributed by atoms with Gasteiger partial charge in [0.15, 0.2) is 0 Å². The van der Waals surface area contributed by atoms with Crippen LogP contribution in [0.25, 0.3) is 11.3 Å². The van der Waals surface area contributed by atoms with E-state index in [1.807, 2.05) is 35.9 Å². The number of benzene rings is 2. The molecule has 2 heterocycles. The lowest BCUT2D eigenvalue weighted by Crippen LogP contribution is -2.26. The third-order valence-electron chi connectivity index (χ3n) is 5.45. The van der Waals surface area contributed by atoms with Crippen molar-refractivity contribution in [2.45, 2.75) is 20.0 Å². The summed E-state index contributed by atoms with van der Waals surface area (Å²) in [5, 5.41) is 3.00. The molecular formula is C26H25FN2O4. The van der Waals surface area contributed by atoms with Gasteiger partial charge in [-0.15, -0.1) is 0 Å². The van der Waals surface area contributed by atoms with Crippen LogP contribution < -0.4 is 14.8 Å². The molecule has 4 aromatic rings. The number of aromatic nitrogens is 1. The summed E-state index contributed by atoms with van der Waals surface area (Å²) in [5.74, 6) is 1.35. The van der Waals surface area contributed by atoms with Crippen LogP contribution in [0.1, 0.15) is 27.2 Å². The van der Waals surface area contributed by atoms with E-state index in [0.29, 0.717) is 29.5 Å². The van der Waals surface area contributed by atoms with E-state index in [4.69, 9.17) is 13.9 Å². The van der Waals surface area contributed by atoms with Crippen molar-refractivity contribution in [1.82, 2.24) is 9.88 Å². The highest BCUT2D eigenvalue weighted by Crippen LogP contribution is 2.31. The average molecular weight is 448 g/mol. The van der Waals surface area contributed by atoms with Gasteiger partial charge < -0.3 is 23.8 Å². The summed E-state index contributed by atoms with van der Waals surface area (Å²) in [4.78, 5) is 13.4. The molecule has 2 aromatic heterocycles. The van der Waals surface area contributed by atoms with Crippen LogP contribution in [0.2, 0.25) is 0 Å². The molecule has 0 aliphatic rings. The molecule has 0 radical (unpaired) electrons. The minimum atomic E-state index is -0.301. The Morgan fingerprint density at radius 3 is 2.55 bits per heavy atom. The predicted molar refractivity (Wildman–Crippen MR) is 123 cm³/mol. The average Bonchev–Trinajstić information content (AvgIpc) is 3.46. The molecule has 1 amide bonds. The van der Waals surface area contributed by atoms with Gasteiger partial charge >= 0.3 is 0 Å². The molecule has 33 heavy (non-hydrogen) atoms. The molecule has 0 bridgehead atoms. The van der Waals surface area contributed by atoms with Crippen LogP contribution in [-0.4, -0.2) is 24.7 Å². The van der Waals surface area contributed by atoms with Gasteiger partial charge in [-0.2, -0.15) is 0 Å². The number of aryl methyl sites for hydroxylation is 1. The molecule has 2 aromatic carbocycles. The highest BCUT2D eigenvalue weighted by atomic mass is 19.1. The molecule has 0 aliphatic carbocycles. The van der Waals surface area contributed by atoms with Gasteiger partial charge in [-0.3, -0.25) is 4.79 Å². The Morgan fingerprint density at radius 1 is 1.09 bits per heavy atom. The standard InChI is InChI=1S/C26H25FN2O4/c1-17-15-29(16-18-6-9-20(27)10-7-18)25(24(17)22-5-4-12-33-22)26(30)28-14-19-8-11-21(31-2)13-23(19)32-3/h4-13,15H,14,16H2,1-3H3,(H,28,30). The van der Waals surface area contributed by atoms with Crippen LogP contribution >= 0.6 is 0 Å². The SMILES string of the molecule is COc1ccc(CNC(=O)c2c(-c3ccco3)c(C)cn2Cc2ccc(F)cc2)c(OC)c1. The quantitative estimate of drug-likeness (QED) is 0.403. The first kappa shape index (κ1) is 22.2. The lowest BCUT2D eigenvalue weighted by molar-refractivity contribution is 0.0942. The van der Waals surface area contributed by atoms with E-state index in [1.54, 1.807) is 44.7 Å². The first-order valence-corrected chi connectivity index (χ1v) is 10.5. The highest BCUT2D eigenvalue weighted by molar-refractivity contribution is 6.00. The molecule has 1 N–H and O–H groups in total. The van der Waals surface area contributed by atoms with Gasteiger partial charge in [0.1, 0.15) is 28.8 Å². The second-order valence-corrected chi connectivity index (χ2v) is 7.63. The molecule has 0 saturated carbocycles. The van der Waals surface area contributed by atoms with Gasteiger partial charge in [-0.05, 0) is 54.4 Å². The Balaban J connectivity index is 1.66. The molecule has 0 saturated heterocycles. The van der Waals surface area contributed by atoms with E-state index < -0.39 is 0 Å². The fraction of sp³-hybridized carbons (Fsp3) is 0.192. The fourth-order valence-corrected chi connectivity index (χ4v) is 3.84. The maximum absolute atomic E-state index is 13.4. The zero-order valence-electron chi connectivity index (χ0n) is 18.7. The van der Waals surface area contributed by atoms with Crippen molar-refractivity contribution < 1.29 is 23.1 Å². The minimum absolute atomic E-state index is 0.255. The normalized spacial score (nSPS) is 10.8. The summed E-state index contributed by atoms with van der Waals surface area (Å²) in [6.45, 7) is 2.61. The van der Waals surface area contributed by atoms with Crippen molar-refractivity contribution in [1.29, 1.82) is 0 Å². The van der Waals surface area contributed by atoms with Crippen LogP contribution in [0.5, 0.6) is 11.5 Å². The summed E-state index contributed by atoms with van der Waals surface area (Å²) >= 11 is 0. The van der Waals surface area contributed by atoms with Crippen molar-refractivity contribution in [3.8, 4) is 22.8 Å². The first-order valence-electron chi connectivity index (χ1n) is 10.5. The van der Waals surface area contributed by atoms with Crippen LogP contribution in [0.4, 0.5) is 4.39 Å². The maximum atomic E-state index is 13.4. The number of hydrogen-bond donors (Lipinski definition) is 1. The number of furan rings is 1. The number of hydrogen-bond acceptors (Lipinski definition) is 4. The summed E-state index contributed by atoms with van der Waals surface area (Å²) in [6.07, 6.45) is 3.49. The summed E-state index contributed by atoms with van der Waals surface area (Å²) in [7, 11) is 3.16. The predicted octanol–water partition coefficient (Wildman–Crippen LogP) is 5.19. The zero-order chi connectivity index (χ0) is 23.4. The maximum Gasteiger partial charge on any atom is 0.268 e. The van der Waals surface area contributed by atoms with Gasteiger partial charge in [-0.25, -0.2) is 4.39 Å². The minimum Gasteiger partial charge on any atom is -0.497 e. The van der Waals surface area contributed by atoms with Gasteiger partial charge in [-0.1, -0.05) is 12.1 Å². The van der Waals surface area contributed by atoms with Gasteiger partial charge in [0.2, 0.25) is 0 Å².